The summed E-state index contributed by atoms with van der Waals surface area (Å²) in [6.45, 7) is 1.38. The number of anilines is 1. The summed E-state index contributed by atoms with van der Waals surface area (Å²) in [4.78, 5) is 23.8. The van der Waals surface area contributed by atoms with Crippen molar-refractivity contribution in [2.75, 3.05) is 11.9 Å². The number of carbonyl (C=O) groups is 2. The fourth-order valence-electron chi connectivity index (χ4n) is 1.87. The molecule has 116 valence electrons. The number of benzene rings is 1. The van der Waals surface area contributed by atoms with E-state index >= 15 is 0 Å². The number of aliphatic hydroxyl groups excluding tert-OH is 1. The predicted molar refractivity (Wildman–Crippen MR) is 81.5 cm³/mol. The summed E-state index contributed by atoms with van der Waals surface area (Å²) in [5.41, 5.74) is 1.22. The molecule has 0 aliphatic carbocycles. The highest BCUT2D eigenvalue weighted by Gasteiger charge is 2.21. The molecule has 1 unspecified atom stereocenters. The van der Waals surface area contributed by atoms with Gasteiger partial charge >= 0.3 is 11.8 Å². The smallest absolute Gasteiger partial charge is 0.313 e. The summed E-state index contributed by atoms with van der Waals surface area (Å²) in [6, 6.07) is 7.35. The Morgan fingerprint density at radius 3 is 2.68 bits per heavy atom. The van der Waals surface area contributed by atoms with Crippen LogP contribution in [0.3, 0.4) is 0 Å². The lowest BCUT2D eigenvalue weighted by Gasteiger charge is -2.14. The predicted octanol–water partition coefficient (Wildman–Crippen LogP) is 2.03. The number of furan rings is 1. The van der Waals surface area contributed by atoms with Crippen LogP contribution in [0.5, 0.6) is 0 Å². The van der Waals surface area contributed by atoms with E-state index in [9.17, 15) is 14.7 Å². The molecule has 0 aliphatic heterocycles. The maximum Gasteiger partial charge on any atom is 0.313 e. The minimum absolute atomic E-state index is 0.367. The standard InChI is InChI=1S/C15H15ClN2O4/c1-9-7-10(16)4-5-11(9)17-14(20)15(21)18-12(8-19)13-3-2-6-22-13/h2-7,12,19H,8H2,1H3,(H,17,20)(H,18,21). The molecule has 2 rings (SSSR count). The number of hydrogen-bond acceptors (Lipinski definition) is 4. The maximum atomic E-state index is 11.9. The molecule has 1 aromatic heterocycles. The highest BCUT2D eigenvalue weighted by atomic mass is 35.5. The van der Waals surface area contributed by atoms with Gasteiger partial charge in [-0.05, 0) is 42.8 Å². The number of nitrogens with one attached hydrogen (secondary N) is 2. The first-order chi connectivity index (χ1) is 10.5. The zero-order valence-corrected chi connectivity index (χ0v) is 12.6. The molecule has 3 N–H and O–H groups in total. The maximum absolute atomic E-state index is 11.9. The fraction of sp³-hybridized carbons (Fsp3) is 0.200. The molecule has 0 fully saturated rings. The molecule has 2 aromatic rings. The summed E-state index contributed by atoms with van der Waals surface area (Å²) in [5.74, 6) is -1.34. The average molecular weight is 323 g/mol. The van der Waals surface area contributed by atoms with E-state index in [1.54, 1.807) is 37.3 Å². The molecule has 1 aromatic carbocycles. The highest BCUT2D eigenvalue weighted by molar-refractivity contribution is 6.39. The van der Waals surface area contributed by atoms with Crippen LogP contribution >= 0.6 is 11.6 Å². The van der Waals surface area contributed by atoms with Crippen LogP contribution in [-0.2, 0) is 9.59 Å². The van der Waals surface area contributed by atoms with Crippen molar-refractivity contribution in [1.29, 1.82) is 0 Å². The van der Waals surface area contributed by atoms with Crippen LogP contribution < -0.4 is 10.6 Å². The quantitative estimate of drug-likeness (QED) is 0.751. The van der Waals surface area contributed by atoms with Gasteiger partial charge in [-0.1, -0.05) is 11.6 Å². The fourth-order valence-corrected chi connectivity index (χ4v) is 2.09. The van der Waals surface area contributed by atoms with Crippen molar-refractivity contribution in [3.63, 3.8) is 0 Å². The van der Waals surface area contributed by atoms with Gasteiger partial charge in [0.2, 0.25) is 0 Å². The molecule has 7 heteroatoms. The molecule has 1 atom stereocenters. The van der Waals surface area contributed by atoms with Crippen molar-refractivity contribution in [3.05, 3.63) is 52.9 Å². The summed E-state index contributed by atoms with van der Waals surface area (Å²) >= 11 is 5.83. The van der Waals surface area contributed by atoms with E-state index in [0.29, 0.717) is 16.5 Å². The van der Waals surface area contributed by atoms with Gasteiger partial charge in [0.15, 0.2) is 0 Å². The Balaban J connectivity index is 2.01. The first-order valence-electron chi connectivity index (χ1n) is 6.53. The van der Waals surface area contributed by atoms with Crippen molar-refractivity contribution in [1.82, 2.24) is 5.32 Å². The minimum Gasteiger partial charge on any atom is -0.467 e. The number of aliphatic hydroxyl groups is 1. The Bertz CT molecular complexity index is 670. The molecule has 0 spiro atoms. The summed E-state index contributed by atoms with van der Waals surface area (Å²) in [5, 5.41) is 14.7. The van der Waals surface area contributed by atoms with Gasteiger partial charge in [0.1, 0.15) is 11.8 Å². The van der Waals surface area contributed by atoms with E-state index < -0.39 is 17.9 Å². The summed E-state index contributed by atoms with van der Waals surface area (Å²) in [6.07, 6.45) is 1.42. The van der Waals surface area contributed by atoms with Crippen molar-refractivity contribution in [2.24, 2.45) is 0 Å². The van der Waals surface area contributed by atoms with Crippen LogP contribution in [0.2, 0.25) is 5.02 Å². The number of rotatable bonds is 4. The van der Waals surface area contributed by atoms with Crippen LogP contribution in [-0.4, -0.2) is 23.5 Å². The average Bonchev–Trinajstić information content (AvgIpc) is 3.01. The monoisotopic (exact) mass is 322 g/mol. The van der Waals surface area contributed by atoms with Crippen LogP contribution in [0.4, 0.5) is 5.69 Å². The molecule has 0 saturated heterocycles. The first-order valence-corrected chi connectivity index (χ1v) is 6.91. The largest absolute Gasteiger partial charge is 0.467 e. The van der Waals surface area contributed by atoms with Crippen molar-refractivity contribution >= 4 is 29.1 Å². The second-order valence-electron chi connectivity index (χ2n) is 4.64. The van der Waals surface area contributed by atoms with E-state index in [4.69, 9.17) is 16.0 Å². The molecule has 6 nitrogen and oxygen atoms in total. The first kappa shape index (κ1) is 16.1. The van der Waals surface area contributed by atoms with Crippen LogP contribution in [0, 0.1) is 6.92 Å². The molecule has 0 bridgehead atoms. The second kappa shape index (κ2) is 7.11. The summed E-state index contributed by atoms with van der Waals surface area (Å²) in [7, 11) is 0. The third kappa shape index (κ3) is 3.87. The third-order valence-corrected chi connectivity index (χ3v) is 3.25. The van der Waals surface area contributed by atoms with Crippen molar-refractivity contribution in [2.45, 2.75) is 13.0 Å². The van der Waals surface area contributed by atoms with E-state index in [2.05, 4.69) is 10.6 Å². The molecule has 0 radical (unpaired) electrons. The Morgan fingerprint density at radius 1 is 1.32 bits per heavy atom. The van der Waals surface area contributed by atoms with Crippen LogP contribution in [0.25, 0.3) is 0 Å². The van der Waals surface area contributed by atoms with Crippen molar-refractivity contribution < 1.29 is 19.1 Å². The van der Waals surface area contributed by atoms with E-state index in [1.165, 1.54) is 6.26 Å². The van der Waals surface area contributed by atoms with Gasteiger partial charge in [-0.2, -0.15) is 0 Å². The lowest BCUT2D eigenvalue weighted by molar-refractivity contribution is -0.136. The lowest BCUT2D eigenvalue weighted by Crippen LogP contribution is -2.39. The van der Waals surface area contributed by atoms with Crippen molar-refractivity contribution in [3.8, 4) is 0 Å². The van der Waals surface area contributed by atoms with Gasteiger partial charge in [0, 0.05) is 10.7 Å². The lowest BCUT2D eigenvalue weighted by atomic mass is 10.2. The molecule has 22 heavy (non-hydrogen) atoms. The second-order valence-corrected chi connectivity index (χ2v) is 5.07. The Morgan fingerprint density at radius 2 is 2.09 bits per heavy atom. The van der Waals surface area contributed by atoms with Crippen LogP contribution in [0.15, 0.2) is 41.0 Å². The molecular formula is C15H15ClN2O4. The minimum atomic E-state index is -0.871. The number of carbonyl (C=O) groups excluding carboxylic acids is 2. The summed E-state index contributed by atoms with van der Waals surface area (Å²) < 4.78 is 5.10. The molecule has 0 aliphatic rings. The number of amides is 2. The Kier molecular flexibility index (Phi) is 5.19. The van der Waals surface area contributed by atoms with E-state index in [0.717, 1.165) is 5.56 Å². The van der Waals surface area contributed by atoms with Crippen LogP contribution in [0.1, 0.15) is 17.4 Å². The Hall–Kier alpha value is -2.31. The topological polar surface area (TPSA) is 91.6 Å². The Labute approximate surface area is 132 Å². The van der Waals surface area contributed by atoms with Gasteiger partial charge in [-0.25, -0.2) is 0 Å². The van der Waals surface area contributed by atoms with Gasteiger partial charge < -0.3 is 20.2 Å². The van der Waals surface area contributed by atoms with E-state index in [1.807, 2.05) is 0 Å². The van der Waals surface area contributed by atoms with Gasteiger partial charge in [0.25, 0.3) is 0 Å². The molecule has 1 heterocycles. The SMILES string of the molecule is Cc1cc(Cl)ccc1NC(=O)C(=O)NC(CO)c1ccco1. The van der Waals surface area contributed by atoms with E-state index in [-0.39, 0.29) is 6.61 Å². The number of halogens is 1. The van der Waals surface area contributed by atoms with Gasteiger partial charge in [-0.15, -0.1) is 0 Å². The number of aryl methyl sites for hydroxylation is 1. The molecule has 0 saturated carbocycles. The zero-order chi connectivity index (χ0) is 16.1. The number of hydrogen-bond donors (Lipinski definition) is 3. The molecular weight excluding hydrogens is 308 g/mol. The molecule has 2 amide bonds. The zero-order valence-electron chi connectivity index (χ0n) is 11.8. The normalized spacial score (nSPS) is 11.8. The van der Waals surface area contributed by atoms with Gasteiger partial charge in [-0.3, -0.25) is 9.59 Å². The third-order valence-electron chi connectivity index (χ3n) is 3.02. The highest BCUT2D eigenvalue weighted by Crippen LogP contribution is 2.19. The van der Waals surface area contributed by atoms with Gasteiger partial charge in [0.05, 0.1) is 12.9 Å².